The highest BCUT2D eigenvalue weighted by Crippen LogP contribution is 2.22. The number of carbonyl (C=O) groups is 4. The van der Waals surface area contributed by atoms with Crippen LogP contribution in [0.5, 0.6) is 5.75 Å². The molecular formula is C20H26N4O5. The van der Waals surface area contributed by atoms with Gasteiger partial charge in [-0.25, -0.2) is 0 Å². The Morgan fingerprint density at radius 3 is 1.38 bits per heavy atom. The topological polar surface area (TPSA) is 193 Å². The van der Waals surface area contributed by atoms with Crippen molar-refractivity contribution in [2.45, 2.75) is 38.5 Å². The molecule has 0 aliphatic heterocycles. The number of phenols is 1. The van der Waals surface area contributed by atoms with Gasteiger partial charge < -0.3 is 28.0 Å². The minimum absolute atomic E-state index is 0.0908. The molecule has 9 nitrogen and oxygen atoms in total. The van der Waals surface area contributed by atoms with Crippen molar-refractivity contribution in [3.8, 4) is 5.75 Å². The van der Waals surface area contributed by atoms with Gasteiger partial charge in [-0.05, 0) is 67.2 Å². The maximum Gasteiger partial charge on any atom is 0.244 e. The Morgan fingerprint density at radius 2 is 1.07 bits per heavy atom. The minimum atomic E-state index is -0.654. The second-order valence-electron chi connectivity index (χ2n) is 6.57. The molecule has 0 unspecified atom stereocenters. The zero-order valence-electron chi connectivity index (χ0n) is 16.0. The second kappa shape index (κ2) is 11.3. The van der Waals surface area contributed by atoms with Crippen molar-refractivity contribution in [1.29, 1.82) is 0 Å². The lowest BCUT2D eigenvalue weighted by atomic mass is 10.00. The summed E-state index contributed by atoms with van der Waals surface area (Å²) < 4.78 is 0. The molecule has 29 heavy (non-hydrogen) atoms. The number of amides is 4. The molecule has 0 heterocycles. The zero-order valence-corrected chi connectivity index (χ0v) is 16.0. The number of nitrogens with two attached hydrogens (primary N) is 4. The van der Waals surface area contributed by atoms with Crippen LogP contribution in [-0.4, -0.2) is 28.7 Å². The summed E-state index contributed by atoms with van der Waals surface area (Å²) in [5, 5.41) is 9.98. The van der Waals surface area contributed by atoms with Crippen LogP contribution in [0.3, 0.4) is 0 Å². The summed E-state index contributed by atoms with van der Waals surface area (Å²) in [7, 11) is 0. The van der Waals surface area contributed by atoms with Crippen LogP contribution in [0, 0.1) is 0 Å². The van der Waals surface area contributed by atoms with Gasteiger partial charge in [-0.2, -0.15) is 0 Å². The van der Waals surface area contributed by atoms with Crippen LogP contribution in [-0.2, 0) is 19.2 Å². The SMILES string of the molecule is NC(=O)CCCC(=Cc1cc(O)cc(C=C(CCCC(N)=O)C(N)=O)c1)C(N)=O. The molecule has 1 aromatic rings. The highest BCUT2D eigenvalue weighted by molar-refractivity contribution is 5.98. The van der Waals surface area contributed by atoms with Crippen molar-refractivity contribution in [3.63, 3.8) is 0 Å². The number of primary amides is 4. The molecule has 0 aliphatic rings. The first kappa shape index (κ1) is 23.4. The van der Waals surface area contributed by atoms with Gasteiger partial charge >= 0.3 is 0 Å². The molecule has 4 amide bonds. The van der Waals surface area contributed by atoms with Crippen LogP contribution in [0.15, 0.2) is 29.3 Å². The van der Waals surface area contributed by atoms with Crippen LogP contribution in [0.1, 0.15) is 49.7 Å². The summed E-state index contributed by atoms with van der Waals surface area (Å²) in [5.41, 5.74) is 22.4. The standard InChI is InChI=1S/C20H26N4O5/c21-17(26)5-1-3-14(19(23)28)8-12-7-13(11-16(25)10-12)9-15(20(24)29)4-2-6-18(22)27/h7-11,25H,1-6H2,(H2,21,26)(H2,22,27)(H2,23,28)(H2,24,29). The molecule has 9 heteroatoms. The van der Waals surface area contributed by atoms with Crippen molar-refractivity contribution in [3.05, 3.63) is 40.5 Å². The first-order chi connectivity index (χ1) is 13.6. The quantitative estimate of drug-likeness (QED) is 0.316. The number of phenolic OH excluding ortho intramolecular Hbond substituents is 1. The van der Waals surface area contributed by atoms with Gasteiger partial charge in [-0.15, -0.1) is 0 Å². The fourth-order valence-electron chi connectivity index (χ4n) is 2.67. The maximum absolute atomic E-state index is 11.7. The van der Waals surface area contributed by atoms with E-state index in [0.717, 1.165) is 0 Å². The number of rotatable bonds is 12. The fraction of sp³-hybridized carbons (Fsp3) is 0.300. The molecule has 1 aromatic carbocycles. The van der Waals surface area contributed by atoms with Crippen LogP contribution in [0.4, 0.5) is 0 Å². The lowest BCUT2D eigenvalue weighted by Gasteiger charge is -2.07. The van der Waals surface area contributed by atoms with E-state index in [4.69, 9.17) is 22.9 Å². The van der Waals surface area contributed by atoms with Crippen molar-refractivity contribution >= 4 is 35.8 Å². The zero-order chi connectivity index (χ0) is 22.0. The normalized spacial score (nSPS) is 11.9. The maximum atomic E-state index is 11.7. The fourth-order valence-corrected chi connectivity index (χ4v) is 2.67. The summed E-state index contributed by atoms with van der Waals surface area (Å²) >= 11 is 0. The highest BCUT2D eigenvalue weighted by Gasteiger charge is 2.09. The van der Waals surface area contributed by atoms with E-state index in [0.29, 0.717) is 24.0 Å². The molecule has 0 bridgehead atoms. The van der Waals surface area contributed by atoms with Crippen LogP contribution in [0.2, 0.25) is 0 Å². The third-order valence-corrected chi connectivity index (χ3v) is 4.02. The monoisotopic (exact) mass is 402 g/mol. The van der Waals surface area contributed by atoms with Gasteiger partial charge in [0.2, 0.25) is 23.6 Å². The number of carbonyl (C=O) groups excluding carboxylic acids is 4. The van der Waals surface area contributed by atoms with Gasteiger partial charge in [-0.1, -0.05) is 0 Å². The Labute approximate surface area is 168 Å². The Balaban J connectivity index is 3.13. The van der Waals surface area contributed by atoms with Crippen LogP contribution in [0.25, 0.3) is 12.2 Å². The molecule has 0 aromatic heterocycles. The van der Waals surface area contributed by atoms with E-state index < -0.39 is 23.6 Å². The summed E-state index contributed by atoms with van der Waals surface area (Å²) in [4.78, 5) is 45.0. The van der Waals surface area contributed by atoms with Gasteiger partial charge in [0.15, 0.2) is 0 Å². The van der Waals surface area contributed by atoms with E-state index in [1.54, 1.807) is 6.07 Å². The Kier molecular flexibility index (Phi) is 9.11. The molecule has 0 saturated carbocycles. The lowest BCUT2D eigenvalue weighted by molar-refractivity contribution is -0.119. The molecular weight excluding hydrogens is 376 g/mol. The first-order valence-electron chi connectivity index (χ1n) is 9.00. The Bertz CT molecular complexity index is 792. The number of benzene rings is 1. The predicted octanol–water partition coefficient (Wildman–Crippen LogP) is 0.441. The van der Waals surface area contributed by atoms with Crippen LogP contribution >= 0.6 is 0 Å². The van der Waals surface area contributed by atoms with E-state index in [1.165, 1.54) is 24.3 Å². The first-order valence-corrected chi connectivity index (χ1v) is 9.00. The average Bonchev–Trinajstić information content (AvgIpc) is 2.58. The van der Waals surface area contributed by atoms with E-state index in [2.05, 4.69) is 0 Å². The van der Waals surface area contributed by atoms with Crippen molar-refractivity contribution < 1.29 is 24.3 Å². The summed E-state index contributed by atoms with van der Waals surface area (Å²) in [6, 6.07) is 4.48. The van der Waals surface area contributed by atoms with Gasteiger partial charge in [0.05, 0.1) is 0 Å². The van der Waals surface area contributed by atoms with Gasteiger partial charge in [0, 0.05) is 24.0 Å². The van der Waals surface area contributed by atoms with Crippen molar-refractivity contribution in [2.24, 2.45) is 22.9 Å². The number of aromatic hydroxyl groups is 1. The average molecular weight is 402 g/mol. The number of hydrogen-bond acceptors (Lipinski definition) is 5. The summed E-state index contributed by atoms with van der Waals surface area (Å²) in [6.45, 7) is 0. The number of hydrogen-bond donors (Lipinski definition) is 5. The summed E-state index contributed by atoms with van der Waals surface area (Å²) in [5.74, 6) is -2.35. The highest BCUT2D eigenvalue weighted by atomic mass is 16.3. The lowest BCUT2D eigenvalue weighted by Crippen LogP contribution is -2.15. The second-order valence-corrected chi connectivity index (χ2v) is 6.57. The summed E-state index contributed by atoms with van der Waals surface area (Å²) in [6.07, 6.45) is 4.45. The molecule has 0 aliphatic carbocycles. The molecule has 156 valence electrons. The van der Waals surface area contributed by atoms with E-state index in [1.807, 2.05) is 0 Å². The Morgan fingerprint density at radius 1 is 0.690 bits per heavy atom. The van der Waals surface area contributed by atoms with E-state index in [9.17, 15) is 24.3 Å². The molecule has 0 atom stereocenters. The van der Waals surface area contributed by atoms with E-state index in [-0.39, 0.29) is 42.6 Å². The van der Waals surface area contributed by atoms with Crippen molar-refractivity contribution in [2.75, 3.05) is 0 Å². The molecule has 0 radical (unpaired) electrons. The third-order valence-electron chi connectivity index (χ3n) is 4.02. The van der Waals surface area contributed by atoms with Crippen LogP contribution < -0.4 is 22.9 Å². The minimum Gasteiger partial charge on any atom is -0.508 e. The van der Waals surface area contributed by atoms with Gasteiger partial charge in [-0.3, -0.25) is 19.2 Å². The van der Waals surface area contributed by atoms with Crippen molar-refractivity contribution in [1.82, 2.24) is 0 Å². The molecule has 0 saturated heterocycles. The molecule has 9 N–H and O–H groups in total. The third kappa shape index (κ3) is 9.23. The van der Waals surface area contributed by atoms with E-state index >= 15 is 0 Å². The molecule has 0 spiro atoms. The predicted molar refractivity (Wildman–Crippen MR) is 109 cm³/mol. The van der Waals surface area contributed by atoms with Gasteiger partial charge in [0.25, 0.3) is 0 Å². The molecule has 0 fully saturated rings. The smallest absolute Gasteiger partial charge is 0.244 e. The molecule has 1 rings (SSSR count). The van der Waals surface area contributed by atoms with Gasteiger partial charge in [0.1, 0.15) is 5.75 Å². The Hall–Kier alpha value is -3.62. The largest absolute Gasteiger partial charge is 0.508 e.